The monoisotopic (exact) mass is 189 g/mol. The molecule has 0 aromatic carbocycles. The molecule has 0 radical (unpaired) electrons. The van der Waals surface area contributed by atoms with Crippen molar-refractivity contribution in [2.24, 2.45) is 35.5 Å². The third kappa shape index (κ3) is 1.13. The molecule has 14 heavy (non-hydrogen) atoms. The SMILES string of the molecule is CC(C#N)C1C2CC3CC(C2)CC1C3. The third-order valence-electron chi connectivity index (χ3n) is 5.08. The minimum atomic E-state index is 0.310. The smallest absolute Gasteiger partial charge is 0.0656 e. The molecule has 1 unspecified atom stereocenters. The van der Waals surface area contributed by atoms with Crippen LogP contribution in [0.2, 0.25) is 0 Å². The fourth-order valence-electron chi connectivity index (χ4n) is 4.87. The Hall–Kier alpha value is -0.510. The molecule has 4 aliphatic carbocycles. The zero-order chi connectivity index (χ0) is 9.71. The van der Waals surface area contributed by atoms with Gasteiger partial charge in [0.15, 0.2) is 0 Å². The van der Waals surface area contributed by atoms with Gasteiger partial charge in [0.1, 0.15) is 0 Å². The predicted molar refractivity (Wildman–Crippen MR) is 55.3 cm³/mol. The van der Waals surface area contributed by atoms with E-state index in [1.807, 2.05) is 0 Å². The maximum absolute atomic E-state index is 9.07. The second-order valence-electron chi connectivity index (χ2n) is 5.93. The Labute approximate surface area is 86.5 Å². The van der Waals surface area contributed by atoms with Crippen molar-refractivity contribution < 1.29 is 0 Å². The molecular formula is C13H19N. The maximum Gasteiger partial charge on any atom is 0.0656 e. The molecule has 0 aromatic rings. The minimum Gasteiger partial charge on any atom is -0.198 e. The van der Waals surface area contributed by atoms with Crippen LogP contribution in [-0.2, 0) is 0 Å². The van der Waals surface area contributed by atoms with Crippen LogP contribution in [0.25, 0.3) is 0 Å². The first-order valence-corrected chi connectivity index (χ1v) is 6.17. The number of rotatable bonds is 1. The summed E-state index contributed by atoms with van der Waals surface area (Å²) in [7, 11) is 0. The molecule has 0 saturated heterocycles. The van der Waals surface area contributed by atoms with Crippen LogP contribution < -0.4 is 0 Å². The number of hydrogen-bond acceptors (Lipinski definition) is 1. The van der Waals surface area contributed by atoms with Gasteiger partial charge in [0.2, 0.25) is 0 Å². The van der Waals surface area contributed by atoms with Crippen LogP contribution in [0.15, 0.2) is 0 Å². The molecule has 4 rings (SSSR count). The van der Waals surface area contributed by atoms with E-state index in [2.05, 4.69) is 13.0 Å². The van der Waals surface area contributed by atoms with Crippen molar-refractivity contribution >= 4 is 0 Å². The molecule has 0 aromatic heterocycles. The summed E-state index contributed by atoms with van der Waals surface area (Å²) >= 11 is 0. The van der Waals surface area contributed by atoms with Gasteiger partial charge in [-0.25, -0.2) is 0 Å². The fourth-order valence-corrected chi connectivity index (χ4v) is 4.87. The summed E-state index contributed by atoms with van der Waals surface area (Å²) in [6, 6.07) is 2.49. The summed E-state index contributed by atoms with van der Waals surface area (Å²) in [6.45, 7) is 2.15. The largest absolute Gasteiger partial charge is 0.198 e. The highest BCUT2D eigenvalue weighted by Crippen LogP contribution is 2.58. The van der Waals surface area contributed by atoms with E-state index in [9.17, 15) is 0 Å². The van der Waals surface area contributed by atoms with Gasteiger partial charge in [0.25, 0.3) is 0 Å². The van der Waals surface area contributed by atoms with Crippen molar-refractivity contribution in [1.29, 1.82) is 5.26 Å². The molecule has 4 aliphatic rings. The van der Waals surface area contributed by atoms with E-state index in [0.29, 0.717) is 5.92 Å². The normalized spacial score (nSPS) is 51.6. The first kappa shape index (κ1) is 8.77. The van der Waals surface area contributed by atoms with Gasteiger partial charge in [-0.1, -0.05) is 0 Å². The van der Waals surface area contributed by atoms with Crippen molar-refractivity contribution in [1.82, 2.24) is 0 Å². The molecule has 1 heteroatoms. The van der Waals surface area contributed by atoms with Crippen molar-refractivity contribution in [2.75, 3.05) is 0 Å². The molecule has 4 bridgehead atoms. The van der Waals surface area contributed by atoms with Crippen LogP contribution in [0.1, 0.15) is 39.0 Å². The topological polar surface area (TPSA) is 23.8 Å². The first-order valence-electron chi connectivity index (χ1n) is 6.17. The molecule has 1 atom stereocenters. The highest BCUT2D eigenvalue weighted by atomic mass is 14.5. The summed E-state index contributed by atoms with van der Waals surface area (Å²) in [4.78, 5) is 0. The molecule has 0 spiro atoms. The van der Waals surface area contributed by atoms with E-state index in [4.69, 9.17) is 5.26 Å². The van der Waals surface area contributed by atoms with Gasteiger partial charge in [-0.3, -0.25) is 0 Å². The number of hydrogen-bond donors (Lipinski definition) is 0. The summed E-state index contributed by atoms with van der Waals surface area (Å²) < 4.78 is 0. The fraction of sp³-hybridized carbons (Fsp3) is 0.923. The lowest BCUT2D eigenvalue weighted by Gasteiger charge is -2.55. The lowest BCUT2D eigenvalue weighted by atomic mass is 9.50. The molecule has 0 aliphatic heterocycles. The van der Waals surface area contributed by atoms with E-state index in [0.717, 1.165) is 29.6 Å². The van der Waals surface area contributed by atoms with Crippen LogP contribution in [0.3, 0.4) is 0 Å². The molecule has 1 nitrogen and oxygen atoms in total. The predicted octanol–water partition coefficient (Wildman–Crippen LogP) is 3.22. The van der Waals surface area contributed by atoms with E-state index < -0.39 is 0 Å². The second-order valence-corrected chi connectivity index (χ2v) is 5.93. The maximum atomic E-state index is 9.07. The molecule has 0 heterocycles. The van der Waals surface area contributed by atoms with E-state index in [-0.39, 0.29) is 0 Å². The van der Waals surface area contributed by atoms with Crippen molar-refractivity contribution in [2.45, 2.75) is 39.0 Å². The number of nitrogens with zero attached hydrogens (tertiary/aromatic N) is 1. The van der Waals surface area contributed by atoms with E-state index in [1.54, 1.807) is 0 Å². The quantitative estimate of drug-likeness (QED) is 0.621. The molecule has 4 saturated carbocycles. The minimum absolute atomic E-state index is 0.310. The summed E-state index contributed by atoms with van der Waals surface area (Å²) in [6.07, 6.45) is 7.31. The van der Waals surface area contributed by atoms with E-state index in [1.165, 1.54) is 32.1 Å². The molecule has 4 fully saturated rings. The third-order valence-corrected chi connectivity index (χ3v) is 5.08. The van der Waals surface area contributed by atoms with Crippen LogP contribution >= 0.6 is 0 Å². The summed E-state index contributed by atoms with van der Waals surface area (Å²) in [5.74, 6) is 4.99. The highest BCUT2D eigenvalue weighted by molar-refractivity contribution is 5.02. The lowest BCUT2D eigenvalue weighted by molar-refractivity contribution is -0.0495. The van der Waals surface area contributed by atoms with Gasteiger partial charge in [-0.05, 0) is 68.6 Å². The van der Waals surface area contributed by atoms with Gasteiger partial charge in [0.05, 0.1) is 6.07 Å². The van der Waals surface area contributed by atoms with Gasteiger partial charge in [0, 0.05) is 5.92 Å². The molecule has 76 valence electrons. The van der Waals surface area contributed by atoms with Crippen molar-refractivity contribution in [3.05, 3.63) is 0 Å². The van der Waals surface area contributed by atoms with Gasteiger partial charge < -0.3 is 0 Å². The lowest BCUT2D eigenvalue weighted by Crippen LogP contribution is -2.47. The zero-order valence-corrected chi connectivity index (χ0v) is 8.95. The average molecular weight is 189 g/mol. The van der Waals surface area contributed by atoms with E-state index >= 15 is 0 Å². The summed E-state index contributed by atoms with van der Waals surface area (Å²) in [5.41, 5.74) is 0. The van der Waals surface area contributed by atoms with Gasteiger partial charge >= 0.3 is 0 Å². The zero-order valence-electron chi connectivity index (χ0n) is 8.95. The number of nitriles is 1. The molecular weight excluding hydrogens is 170 g/mol. The van der Waals surface area contributed by atoms with Gasteiger partial charge in [-0.2, -0.15) is 5.26 Å². The van der Waals surface area contributed by atoms with Crippen molar-refractivity contribution in [3.63, 3.8) is 0 Å². The Bertz CT molecular complexity index is 247. The Kier molecular flexibility index (Phi) is 1.87. The Morgan fingerprint density at radius 3 is 1.93 bits per heavy atom. The van der Waals surface area contributed by atoms with Crippen LogP contribution in [-0.4, -0.2) is 0 Å². The molecule has 0 amide bonds. The molecule has 0 N–H and O–H groups in total. The highest BCUT2D eigenvalue weighted by Gasteiger charge is 2.49. The second kappa shape index (κ2) is 2.99. The summed E-state index contributed by atoms with van der Waals surface area (Å²) in [5, 5.41) is 9.07. The van der Waals surface area contributed by atoms with Crippen LogP contribution in [0.5, 0.6) is 0 Å². The van der Waals surface area contributed by atoms with Crippen LogP contribution in [0, 0.1) is 46.8 Å². The Balaban J connectivity index is 1.85. The Morgan fingerprint density at radius 2 is 1.50 bits per heavy atom. The van der Waals surface area contributed by atoms with Crippen molar-refractivity contribution in [3.8, 4) is 6.07 Å². The average Bonchev–Trinajstić information content (AvgIpc) is 2.15. The van der Waals surface area contributed by atoms with Gasteiger partial charge in [-0.15, -0.1) is 0 Å². The first-order chi connectivity index (χ1) is 6.78. The van der Waals surface area contributed by atoms with Crippen LogP contribution in [0.4, 0.5) is 0 Å². The Morgan fingerprint density at radius 1 is 1.00 bits per heavy atom. The standard InChI is InChI=1S/C13H19N/c1-8(7-14)13-11-3-9-2-10(5-11)6-12(13)4-9/h8-13H,2-6H2,1H3.